The van der Waals surface area contributed by atoms with Crippen LogP contribution >= 0.6 is 11.8 Å². The molecule has 0 aliphatic rings. The van der Waals surface area contributed by atoms with Gasteiger partial charge in [-0.1, -0.05) is 30.0 Å². The maximum absolute atomic E-state index is 13.6. The summed E-state index contributed by atoms with van der Waals surface area (Å²) < 4.78 is 60.7. The Hall–Kier alpha value is -2.76. The van der Waals surface area contributed by atoms with Crippen LogP contribution in [0.1, 0.15) is 5.82 Å². The van der Waals surface area contributed by atoms with E-state index >= 15 is 0 Å². The zero-order chi connectivity index (χ0) is 21.3. The average molecular weight is 434 g/mol. The molecule has 0 saturated carbocycles. The van der Waals surface area contributed by atoms with Crippen LogP contribution < -0.4 is 10.1 Å². The molecule has 0 atom stereocenters. The summed E-state index contributed by atoms with van der Waals surface area (Å²) in [7, 11) is 0. The fourth-order valence-corrected chi connectivity index (χ4v) is 2.86. The van der Waals surface area contributed by atoms with Crippen LogP contribution in [0.3, 0.4) is 0 Å². The molecule has 1 aromatic carbocycles. The summed E-state index contributed by atoms with van der Waals surface area (Å²) in [4.78, 5) is 11.2. The number of hydrogen-bond acceptors (Lipinski definition) is 6. The van der Waals surface area contributed by atoms with Crippen molar-refractivity contribution in [3.05, 3.63) is 48.6 Å². The third-order valence-corrected chi connectivity index (χ3v) is 4.24. The van der Waals surface area contributed by atoms with E-state index < -0.39 is 24.7 Å². The summed E-state index contributed by atoms with van der Waals surface area (Å²) in [5.74, 6) is 0.329. The molecule has 0 aliphatic carbocycles. The number of benzene rings is 1. The Morgan fingerprint density at radius 1 is 1.31 bits per heavy atom. The number of allylic oxidation sites excluding steroid dienone is 1. The number of alkyl carbamates (subject to hydrolysis) is 1. The summed E-state index contributed by atoms with van der Waals surface area (Å²) in [5.41, 5.74) is 0. The van der Waals surface area contributed by atoms with E-state index in [0.29, 0.717) is 23.3 Å². The van der Waals surface area contributed by atoms with Crippen molar-refractivity contribution in [1.82, 2.24) is 20.1 Å². The molecule has 1 heterocycles. The highest BCUT2D eigenvalue weighted by atomic mass is 32.2. The van der Waals surface area contributed by atoms with Gasteiger partial charge in [0.15, 0.2) is 29.2 Å². The predicted octanol–water partition coefficient (Wildman–Crippen LogP) is 3.56. The molecule has 12 heteroatoms. The minimum Gasteiger partial charge on any atom is -0.483 e. The molecule has 29 heavy (non-hydrogen) atoms. The molecule has 7 nitrogen and oxygen atoms in total. The average Bonchev–Trinajstić information content (AvgIpc) is 3.04. The van der Waals surface area contributed by atoms with Crippen LogP contribution in [0, 0.1) is 5.82 Å². The third-order valence-electron chi connectivity index (χ3n) is 3.27. The van der Waals surface area contributed by atoms with Crippen molar-refractivity contribution >= 4 is 17.9 Å². The molecular weight excluding hydrogens is 416 g/mol. The summed E-state index contributed by atoms with van der Waals surface area (Å²) in [6, 6.07) is 5.95. The second kappa shape index (κ2) is 10.7. The summed E-state index contributed by atoms with van der Waals surface area (Å²) in [6.07, 6.45) is -4.12. The molecule has 0 fully saturated rings. The van der Waals surface area contributed by atoms with Crippen LogP contribution in [0.4, 0.5) is 22.4 Å². The van der Waals surface area contributed by atoms with Gasteiger partial charge in [0.05, 0.1) is 0 Å². The lowest BCUT2D eigenvalue weighted by Gasteiger charge is -2.10. The normalized spacial score (nSPS) is 11.2. The Bertz CT molecular complexity index is 829. The molecule has 158 valence electrons. The first-order chi connectivity index (χ1) is 13.8. The van der Waals surface area contributed by atoms with Gasteiger partial charge in [-0.3, -0.25) is 4.57 Å². The molecule has 0 unspecified atom stereocenters. The highest BCUT2D eigenvalue weighted by molar-refractivity contribution is 7.99. The van der Waals surface area contributed by atoms with E-state index in [0.717, 1.165) is 0 Å². The second-order valence-corrected chi connectivity index (χ2v) is 6.55. The Labute approximate surface area is 168 Å². The maximum atomic E-state index is 13.6. The van der Waals surface area contributed by atoms with Gasteiger partial charge in [-0.25, -0.2) is 9.18 Å². The van der Waals surface area contributed by atoms with Crippen molar-refractivity contribution in [1.29, 1.82) is 0 Å². The van der Waals surface area contributed by atoms with Gasteiger partial charge in [-0.15, -0.1) is 16.8 Å². The SMILES string of the molecule is C=CCn1c(COc2ccccc2F)nnc1SCCNC(=O)OCC(F)(F)F. The molecule has 0 radical (unpaired) electrons. The number of halogens is 4. The van der Waals surface area contributed by atoms with E-state index in [-0.39, 0.29) is 18.9 Å². The number of thioether (sulfide) groups is 1. The third kappa shape index (κ3) is 7.64. The molecule has 2 aromatic rings. The van der Waals surface area contributed by atoms with Gasteiger partial charge < -0.3 is 14.8 Å². The molecule has 0 bridgehead atoms. The smallest absolute Gasteiger partial charge is 0.422 e. The highest BCUT2D eigenvalue weighted by Crippen LogP contribution is 2.20. The van der Waals surface area contributed by atoms with Crippen molar-refractivity contribution in [2.75, 3.05) is 18.9 Å². The number of carbonyl (C=O) groups excluding carboxylic acids is 1. The predicted molar refractivity (Wildman–Crippen MR) is 97.1 cm³/mol. The minimum absolute atomic E-state index is 0.0235. The van der Waals surface area contributed by atoms with Crippen LogP contribution in [0.25, 0.3) is 0 Å². The van der Waals surface area contributed by atoms with Crippen LogP contribution in [-0.4, -0.2) is 45.9 Å². The summed E-state index contributed by atoms with van der Waals surface area (Å²) in [5, 5.41) is 10.7. The van der Waals surface area contributed by atoms with Crippen molar-refractivity contribution < 1.29 is 31.8 Å². The van der Waals surface area contributed by atoms with Gasteiger partial charge in [-0.05, 0) is 12.1 Å². The number of hydrogen-bond donors (Lipinski definition) is 1. The highest BCUT2D eigenvalue weighted by Gasteiger charge is 2.29. The lowest BCUT2D eigenvalue weighted by Crippen LogP contribution is -2.30. The van der Waals surface area contributed by atoms with Crippen LogP contribution in [0.5, 0.6) is 5.75 Å². The fraction of sp³-hybridized carbons (Fsp3) is 0.353. The molecule has 0 spiro atoms. The zero-order valence-electron chi connectivity index (χ0n) is 15.1. The number of carbonyl (C=O) groups is 1. The van der Waals surface area contributed by atoms with E-state index in [2.05, 4.69) is 26.8 Å². The van der Waals surface area contributed by atoms with Gasteiger partial charge in [0.1, 0.15) is 6.61 Å². The Morgan fingerprint density at radius 3 is 2.76 bits per heavy atom. The van der Waals surface area contributed by atoms with Crippen molar-refractivity contribution in [3.8, 4) is 5.75 Å². The monoisotopic (exact) mass is 434 g/mol. The zero-order valence-corrected chi connectivity index (χ0v) is 15.9. The molecule has 1 aromatic heterocycles. The lowest BCUT2D eigenvalue weighted by molar-refractivity contribution is -0.160. The Morgan fingerprint density at radius 2 is 2.07 bits per heavy atom. The first-order valence-corrected chi connectivity index (χ1v) is 9.29. The number of nitrogens with zero attached hydrogens (tertiary/aromatic N) is 3. The number of para-hydroxylation sites is 1. The Balaban J connectivity index is 1.85. The quantitative estimate of drug-likeness (QED) is 0.267. The van der Waals surface area contributed by atoms with Gasteiger partial charge in [0.25, 0.3) is 0 Å². The van der Waals surface area contributed by atoms with Gasteiger partial charge in [-0.2, -0.15) is 13.2 Å². The maximum Gasteiger partial charge on any atom is 0.422 e. The second-order valence-electron chi connectivity index (χ2n) is 5.48. The topological polar surface area (TPSA) is 78.3 Å². The molecule has 2 rings (SSSR count). The molecule has 1 amide bonds. The first kappa shape index (κ1) is 22.5. The first-order valence-electron chi connectivity index (χ1n) is 8.30. The lowest BCUT2D eigenvalue weighted by atomic mass is 10.3. The fourth-order valence-electron chi connectivity index (χ4n) is 2.04. The number of alkyl halides is 3. The van der Waals surface area contributed by atoms with E-state index in [1.165, 1.54) is 23.9 Å². The van der Waals surface area contributed by atoms with Gasteiger partial charge in [0.2, 0.25) is 0 Å². The van der Waals surface area contributed by atoms with Crippen LogP contribution in [-0.2, 0) is 17.9 Å². The number of ether oxygens (including phenoxy) is 2. The number of aromatic nitrogens is 3. The summed E-state index contributed by atoms with van der Waals surface area (Å²) in [6.45, 7) is 2.41. The van der Waals surface area contributed by atoms with E-state index in [4.69, 9.17) is 4.74 Å². The number of nitrogens with one attached hydrogen (secondary N) is 1. The molecule has 1 N–H and O–H groups in total. The van der Waals surface area contributed by atoms with E-state index in [1.807, 2.05) is 0 Å². The Kier molecular flexibility index (Phi) is 8.31. The molecule has 0 saturated heterocycles. The number of rotatable bonds is 10. The van der Waals surface area contributed by atoms with E-state index in [1.54, 1.807) is 22.8 Å². The van der Waals surface area contributed by atoms with Crippen molar-refractivity contribution in [2.24, 2.45) is 0 Å². The largest absolute Gasteiger partial charge is 0.483 e. The van der Waals surface area contributed by atoms with Crippen LogP contribution in [0.2, 0.25) is 0 Å². The van der Waals surface area contributed by atoms with Crippen molar-refractivity contribution in [3.63, 3.8) is 0 Å². The van der Waals surface area contributed by atoms with Crippen LogP contribution in [0.15, 0.2) is 42.1 Å². The minimum atomic E-state index is -4.58. The van der Waals surface area contributed by atoms with Crippen molar-refractivity contribution in [2.45, 2.75) is 24.5 Å². The van der Waals surface area contributed by atoms with Gasteiger partial charge >= 0.3 is 12.3 Å². The standard InChI is InChI=1S/C17H18F4N4O3S/c1-2-8-25-14(10-27-13-6-4-3-5-12(13)18)23-24-15(25)29-9-7-22-16(26)28-11-17(19,20)21/h2-6H,1,7-11H2,(H,22,26). The molecule has 0 aliphatic heterocycles. The number of amides is 1. The molecular formula is C17H18F4N4O3S. The van der Waals surface area contributed by atoms with Gasteiger partial charge in [0, 0.05) is 18.8 Å². The summed E-state index contributed by atoms with van der Waals surface area (Å²) >= 11 is 1.22. The van der Waals surface area contributed by atoms with E-state index in [9.17, 15) is 22.4 Å².